The monoisotopic (exact) mass is 438 g/mol. The van der Waals surface area contributed by atoms with Crippen molar-refractivity contribution >= 4 is 23.2 Å². The maximum absolute atomic E-state index is 14.7. The van der Waals surface area contributed by atoms with Crippen LogP contribution >= 0.6 is 0 Å². The highest BCUT2D eigenvalue weighted by Gasteiger charge is 2.64. The number of hydrogen-bond acceptors (Lipinski definition) is 4. The maximum atomic E-state index is 14.7. The number of piperidine rings is 1. The van der Waals surface area contributed by atoms with Gasteiger partial charge in [0.05, 0.1) is 11.7 Å². The second-order valence-corrected chi connectivity index (χ2v) is 9.27. The molecule has 3 aliphatic rings. The Morgan fingerprint density at radius 2 is 2.09 bits per heavy atom. The van der Waals surface area contributed by atoms with Crippen LogP contribution in [0.1, 0.15) is 31.7 Å². The summed E-state index contributed by atoms with van der Waals surface area (Å²) in [5, 5.41) is 7.24. The number of carbonyl (C=O) groups is 1. The molecule has 1 saturated carbocycles. The Bertz CT molecular complexity index is 1230. The molecule has 32 heavy (non-hydrogen) atoms. The summed E-state index contributed by atoms with van der Waals surface area (Å²) in [5.41, 5.74) is 0.898. The lowest BCUT2D eigenvalue weighted by Gasteiger charge is -2.30. The van der Waals surface area contributed by atoms with E-state index in [9.17, 15) is 13.6 Å². The van der Waals surface area contributed by atoms with Gasteiger partial charge in [-0.15, -0.1) is 0 Å². The molecule has 9 heteroatoms. The summed E-state index contributed by atoms with van der Waals surface area (Å²) in [7, 11) is 0. The van der Waals surface area contributed by atoms with E-state index in [0.717, 1.165) is 38.4 Å². The van der Waals surface area contributed by atoms with Gasteiger partial charge >= 0.3 is 6.03 Å². The normalized spacial score (nSPS) is 26.6. The Labute approximate surface area is 184 Å². The van der Waals surface area contributed by atoms with E-state index in [1.807, 2.05) is 6.07 Å². The fourth-order valence-corrected chi connectivity index (χ4v) is 5.51. The molecule has 2 aromatic heterocycles. The van der Waals surface area contributed by atoms with Gasteiger partial charge in [-0.3, -0.25) is 0 Å². The van der Waals surface area contributed by atoms with Crippen molar-refractivity contribution in [3.05, 3.63) is 53.9 Å². The van der Waals surface area contributed by atoms with Crippen LogP contribution in [0, 0.1) is 23.5 Å². The standard InChI is InChI=1S/C23H24F2N6O/c1-14-4-7-29(13-14)22(32)27-19-12-26-31-9-6-20(28-21(19)31)30-8-5-15-11-23(15,30)17-10-16(24)2-3-18(17)25/h2-3,6,9-10,12,14-15H,4-5,7-8,11,13H2,1H3,(H,27,32)/t14-,15+,23-/m0/s1. The summed E-state index contributed by atoms with van der Waals surface area (Å²) < 4.78 is 30.3. The van der Waals surface area contributed by atoms with Crippen molar-refractivity contribution in [2.24, 2.45) is 11.8 Å². The van der Waals surface area contributed by atoms with Crippen LogP contribution in [0.15, 0.2) is 36.7 Å². The van der Waals surface area contributed by atoms with E-state index in [2.05, 4.69) is 22.2 Å². The number of carbonyl (C=O) groups excluding carboxylic acids is 1. The number of fused-ring (bicyclic) bond motifs is 2. The van der Waals surface area contributed by atoms with Crippen molar-refractivity contribution in [2.45, 2.75) is 31.7 Å². The lowest BCUT2D eigenvalue weighted by molar-refractivity contribution is 0.221. The first-order chi connectivity index (χ1) is 15.5. The van der Waals surface area contributed by atoms with Gasteiger partial charge in [0, 0.05) is 31.4 Å². The van der Waals surface area contributed by atoms with Crippen LogP contribution in [0.4, 0.5) is 25.1 Å². The predicted octanol–water partition coefficient (Wildman–Crippen LogP) is 4.01. The van der Waals surface area contributed by atoms with Gasteiger partial charge in [-0.05, 0) is 55.4 Å². The molecular formula is C23H24F2N6O. The largest absolute Gasteiger partial charge is 0.346 e. The van der Waals surface area contributed by atoms with Crippen LogP contribution in [-0.4, -0.2) is 45.2 Å². The number of likely N-dealkylation sites (tertiary alicyclic amines) is 1. The number of rotatable bonds is 3. The van der Waals surface area contributed by atoms with E-state index in [1.165, 1.54) is 12.1 Å². The number of nitrogens with zero attached hydrogens (tertiary/aromatic N) is 5. The van der Waals surface area contributed by atoms with Crippen molar-refractivity contribution in [1.29, 1.82) is 0 Å². The minimum absolute atomic E-state index is 0.154. The first-order valence-electron chi connectivity index (χ1n) is 11.1. The highest BCUT2D eigenvalue weighted by atomic mass is 19.1. The lowest BCUT2D eigenvalue weighted by atomic mass is 10.0. The molecule has 1 N–H and O–H groups in total. The lowest BCUT2D eigenvalue weighted by Crippen LogP contribution is -2.34. The molecule has 7 nitrogen and oxygen atoms in total. The summed E-state index contributed by atoms with van der Waals surface area (Å²) in [4.78, 5) is 21.3. The van der Waals surface area contributed by atoms with E-state index >= 15 is 0 Å². The van der Waals surface area contributed by atoms with Gasteiger partial charge in [0.2, 0.25) is 0 Å². The van der Waals surface area contributed by atoms with Gasteiger partial charge in [0.1, 0.15) is 23.1 Å². The smallest absolute Gasteiger partial charge is 0.321 e. The summed E-state index contributed by atoms with van der Waals surface area (Å²) in [6.45, 7) is 4.32. The summed E-state index contributed by atoms with van der Waals surface area (Å²) >= 11 is 0. The van der Waals surface area contributed by atoms with E-state index < -0.39 is 11.4 Å². The number of nitrogens with one attached hydrogen (secondary N) is 1. The second-order valence-electron chi connectivity index (χ2n) is 9.27. The number of amides is 2. The van der Waals surface area contributed by atoms with E-state index in [4.69, 9.17) is 4.98 Å². The molecule has 0 bridgehead atoms. The van der Waals surface area contributed by atoms with Gasteiger partial charge in [0.25, 0.3) is 0 Å². The first-order valence-corrected chi connectivity index (χ1v) is 11.1. The molecule has 2 aliphatic heterocycles. The van der Waals surface area contributed by atoms with Crippen LogP contribution in [0.5, 0.6) is 0 Å². The Hall–Kier alpha value is -3.23. The fourth-order valence-electron chi connectivity index (χ4n) is 5.51. The molecule has 1 aliphatic carbocycles. The summed E-state index contributed by atoms with van der Waals surface area (Å²) in [6, 6.07) is 5.35. The number of anilines is 2. The average Bonchev–Trinajstić information content (AvgIpc) is 3.10. The molecule has 0 unspecified atom stereocenters. The number of urea groups is 1. The van der Waals surface area contributed by atoms with Gasteiger partial charge in [-0.1, -0.05) is 6.92 Å². The van der Waals surface area contributed by atoms with Crippen molar-refractivity contribution in [3.8, 4) is 0 Å². The summed E-state index contributed by atoms with van der Waals surface area (Å²) in [6.07, 6.45) is 6.06. The third kappa shape index (κ3) is 2.87. The minimum atomic E-state index is -0.563. The molecule has 3 atom stereocenters. The van der Waals surface area contributed by atoms with Crippen molar-refractivity contribution in [1.82, 2.24) is 19.5 Å². The minimum Gasteiger partial charge on any atom is -0.346 e. The van der Waals surface area contributed by atoms with Crippen molar-refractivity contribution in [3.63, 3.8) is 0 Å². The zero-order valence-electron chi connectivity index (χ0n) is 17.8. The number of halogens is 2. The Kier molecular flexibility index (Phi) is 4.18. The first kappa shape index (κ1) is 19.5. The van der Waals surface area contributed by atoms with Crippen LogP contribution in [-0.2, 0) is 5.54 Å². The van der Waals surface area contributed by atoms with Gasteiger partial charge in [-0.25, -0.2) is 23.1 Å². The number of benzene rings is 1. The second kappa shape index (κ2) is 6.88. The van der Waals surface area contributed by atoms with Gasteiger partial charge in [-0.2, -0.15) is 5.10 Å². The molecule has 2 saturated heterocycles. The molecule has 0 spiro atoms. The third-order valence-corrected chi connectivity index (χ3v) is 7.23. The van der Waals surface area contributed by atoms with Crippen LogP contribution in [0.2, 0.25) is 0 Å². The Morgan fingerprint density at radius 3 is 2.88 bits per heavy atom. The molecule has 0 radical (unpaired) electrons. The molecular weight excluding hydrogens is 414 g/mol. The average molecular weight is 438 g/mol. The van der Waals surface area contributed by atoms with Crippen molar-refractivity contribution in [2.75, 3.05) is 29.9 Å². The zero-order chi connectivity index (χ0) is 22.0. The quantitative estimate of drug-likeness (QED) is 0.671. The molecule has 6 rings (SSSR count). The van der Waals surface area contributed by atoms with Gasteiger partial charge in [0.15, 0.2) is 5.65 Å². The number of hydrogen-bond donors (Lipinski definition) is 1. The summed E-state index contributed by atoms with van der Waals surface area (Å²) in [5.74, 6) is 0.619. The number of aromatic nitrogens is 3. The highest BCUT2D eigenvalue weighted by Crippen LogP contribution is 2.63. The molecule has 1 aromatic carbocycles. The van der Waals surface area contributed by atoms with E-state index in [0.29, 0.717) is 35.2 Å². The SMILES string of the molecule is C[C@H]1CCN(C(=O)Nc2cnn3ccc(N4CC[C@@H]5C[C@@]54c4cc(F)ccc4F)nc23)C1. The van der Waals surface area contributed by atoms with Gasteiger partial charge < -0.3 is 15.1 Å². The molecule has 3 fully saturated rings. The fraction of sp³-hybridized carbons (Fsp3) is 0.435. The van der Waals surface area contributed by atoms with Crippen LogP contribution in [0.3, 0.4) is 0 Å². The predicted molar refractivity (Wildman–Crippen MR) is 115 cm³/mol. The molecule has 3 aromatic rings. The third-order valence-electron chi connectivity index (χ3n) is 7.23. The van der Waals surface area contributed by atoms with Crippen LogP contribution in [0.25, 0.3) is 5.65 Å². The molecule has 2 amide bonds. The highest BCUT2D eigenvalue weighted by molar-refractivity contribution is 5.93. The maximum Gasteiger partial charge on any atom is 0.321 e. The molecule has 166 valence electrons. The van der Waals surface area contributed by atoms with E-state index in [-0.39, 0.29) is 17.8 Å². The molecule has 4 heterocycles. The Morgan fingerprint density at radius 1 is 1.22 bits per heavy atom. The Balaban J connectivity index is 1.33. The van der Waals surface area contributed by atoms with Crippen molar-refractivity contribution < 1.29 is 13.6 Å². The topological polar surface area (TPSA) is 65.8 Å². The zero-order valence-corrected chi connectivity index (χ0v) is 17.8. The van der Waals surface area contributed by atoms with E-state index in [1.54, 1.807) is 21.8 Å². The van der Waals surface area contributed by atoms with Crippen LogP contribution < -0.4 is 10.2 Å².